The molecule has 7 rings (SSSR count). The highest BCUT2D eigenvalue weighted by Gasteiger charge is 2.61. The number of carbonyl (C=O) groups excluding carboxylic acids is 1. The van der Waals surface area contributed by atoms with Crippen molar-refractivity contribution < 1.29 is 14.3 Å². The molecule has 0 spiro atoms. The van der Waals surface area contributed by atoms with Gasteiger partial charge in [0.2, 0.25) is 0 Å². The molecule has 6 N–H and O–H groups in total. The van der Waals surface area contributed by atoms with Crippen LogP contribution in [0.25, 0.3) is 0 Å². The number of rotatable bonds is 13. The summed E-state index contributed by atoms with van der Waals surface area (Å²) in [4.78, 5) is 13.2. The molecule has 382 valence electrons. The number of anilines is 2. The van der Waals surface area contributed by atoms with E-state index in [0.29, 0.717) is 45.4 Å². The summed E-state index contributed by atoms with van der Waals surface area (Å²) in [6, 6.07) is 5.13. The lowest BCUT2D eigenvalue weighted by Gasteiger charge is -2.61. The van der Waals surface area contributed by atoms with E-state index in [9.17, 15) is 4.79 Å². The summed E-state index contributed by atoms with van der Waals surface area (Å²) in [7, 11) is 0. The lowest BCUT2D eigenvalue weighted by Crippen LogP contribution is -2.54. The summed E-state index contributed by atoms with van der Waals surface area (Å²) in [6.07, 6.45) is 31.6. The minimum atomic E-state index is -0.105. The Hall–Kier alpha value is -2.89. The minimum absolute atomic E-state index is 0.0158. The van der Waals surface area contributed by atoms with Crippen molar-refractivity contribution in [3.8, 4) is 5.75 Å². The van der Waals surface area contributed by atoms with Crippen LogP contribution in [0, 0.1) is 75.4 Å². The van der Waals surface area contributed by atoms with Crippen molar-refractivity contribution in [2.45, 2.75) is 231 Å². The Morgan fingerprint density at radius 1 is 0.821 bits per heavy atom. The van der Waals surface area contributed by atoms with E-state index in [0.717, 1.165) is 90.1 Å². The second-order valence-corrected chi connectivity index (χ2v) is 23.7. The minimum Gasteiger partial charge on any atom is -0.488 e. The number of allylic oxidation sites excluding steroid dienone is 3. The predicted octanol–water partition coefficient (Wildman–Crippen LogP) is 17.0. The standard InChI is InChI=1S/C34H54N2O2.C21H35NO.C4H10.C2H6/c1-21(2)7-6-8-22(3)27-12-13-28-26-11-9-24-19-23(32(37)38-31-14-10-25(35)20-30(31)36)15-17-33(24,4)29(26)16-18-34(27,28)5;1-6-16-9-8-10-17-14-18(11-12-21(16,17)5)23-20(13-15(3)4)19(22)7-2;1-3-4-2;1-2/h10,14,20-24,26-29H,6-9,11-13,15-19,35-36H2,1-5H3;7,13,16-18H,3,6,8-12,14,22H2,1-2,4-5H3;3-4H2,1-2H3;1-2H3/b;19-7+,20-13+;;. The number of carbonyl (C=O) groups is 1. The van der Waals surface area contributed by atoms with Gasteiger partial charge in [-0.15, -0.1) is 0 Å². The van der Waals surface area contributed by atoms with Crippen LogP contribution < -0.4 is 21.9 Å². The number of hydrogen-bond donors (Lipinski definition) is 3. The maximum atomic E-state index is 13.2. The van der Waals surface area contributed by atoms with Crippen LogP contribution in [-0.4, -0.2) is 12.1 Å². The molecule has 6 nitrogen and oxygen atoms in total. The summed E-state index contributed by atoms with van der Waals surface area (Å²) in [5.41, 5.74) is 22.2. The number of esters is 1. The molecular weight excluding hydrogens is 823 g/mol. The van der Waals surface area contributed by atoms with Crippen molar-refractivity contribution in [1.29, 1.82) is 0 Å². The number of hydrogen-bond acceptors (Lipinski definition) is 6. The van der Waals surface area contributed by atoms with Crippen molar-refractivity contribution in [2.75, 3.05) is 11.5 Å². The molecule has 0 aromatic heterocycles. The van der Waals surface area contributed by atoms with Gasteiger partial charge in [-0.1, -0.05) is 139 Å². The van der Waals surface area contributed by atoms with E-state index in [-0.39, 0.29) is 11.9 Å². The van der Waals surface area contributed by atoms with Crippen molar-refractivity contribution in [3.05, 3.63) is 54.0 Å². The second kappa shape index (κ2) is 25.8. The molecule has 0 saturated heterocycles. The number of nitrogen functional groups attached to an aromatic ring is 2. The Balaban J connectivity index is 0.000000288. The molecule has 13 unspecified atom stereocenters. The van der Waals surface area contributed by atoms with E-state index in [2.05, 4.69) is 68.9 Å². The fourth-order valence-electron chi connectivity index (χ4n) is 15.2. The highest BCUT2D eigenvalue weighted by molar-refractivity contribution is 5.77. The van der Waals surface area contributed by atoms with E-state index < -0.39 is 0 Å². The van der Waals surface area contributed by atoms with Gasteiger partial charge < -0.3 is 26.7 Å². The Morgan fingerprint density at radius 2 is 1.48 bits per heavy atom. The number of fused-ring (bicyclic) bond motifs is 6. The summed E-state index contributed by atoms with van der Waals surface area (Å²) in [5.74, 6) is 8.70. The van der Waals surface area contributed by atoms with Crippen LogP contribution in [-0.2, 0) is 9.53 Å². The summed E-state index contributed by atoms with van der Waals surface area (Å²) in [5, 5.41) is 0. The van der Waals surface area contributed by atoms with Crippen molar-refractivity contribution in [1.82, 2.24) is 0 Å². The summed E-state index contributed by atoms with van der Waals surface area (Å²) >= 11 is 0. The van der Waals surface area contributed by atoms with E-state index >= 15 is 0 Å². The van der Waals surface area contributed by atoms with Crippen molar-refractivity contribution in [3.63, 3.8) is 0 Å². The van der Waals surface area contributed by atoms with Crippen LogP contribution in [0.3, 0.4) is 0 Å². The molecule has 13 atom stereocenters. The van der Waals surface area contributed by atoms with Crippen LogP contribution >= 0.6 is 0 Å². The molecule has 0 bridgehead atoms. The first-order valence-electron chi connectivity index (χ1n) is 28.2. The zero-order valence-electron chi connectivity index (χ0n) is 45.8. The largest absolute Gasteiger partial charge is 0.488 e. The van der Waals surface area contributed by atoms with Gasteiger partial charge >= 0.3 is 5.97 Å². The van der Waals surface area contributed by atoms with E-state index in [4.69, 9.17) is 26.7 Å². The Morgan fingerprint density at radius 3 is 2.10 bits per heavy atom. The summed E-state index contributed by atoms with van der Waals surface area (Å²) in [6.45, 7) is 33.7. The fourth-order valence-corrected chi connectivity index (χ4v) is 15.2. The van der Waals surface area contributed by atoms with Crippen LogP contribution in [0.1, 0.15) is 225 Å². The predicted molar refractivity (Wildman–Crippen MR) is 288 cm³/mol. The van der Waals surface area contributed by atoms with Gasteiger partial charge in [0.15, 0.2) is 5.75 Å². The van der Waals surface area contributed by atoms with Gasteiger partial charge in [-0.2, -0.15) is 0 Å². The maximum Gasteiger partial charge on any atom is 0.314 e. The maximum absolute atomic E-state index is 13.2. The Labute approximate surface area is 413 Å². The molecule has 6 fully saturated rings. The van der Waals surface area contributed by atoms with Crippen LogP contribution in [0.5, 0.6) is 5.75 Å². The topological polar surface area (TPSA) is 114 Å². The quantitative estimate of drug-likeness (QED) is 0.0597. The van der Waals surface area contributed by atoms with Crippen LogP contribution in [0.2, 0.25) is 0 Å². The van der Waals surface area contributed by atoms with Crippen LogP contribution in [0.15, 0.2) is 54.0 Å². The number of benzene rings is 1. The summed E-state index contributed by atoms with van der Waals surface area (Å²) < 4.78 is 12.1. The van der Waals surface area contributed by atoms with Gasteiger partial charge in [0, 0.05) is 5.69 Å². The highest BCUT2D eigenvalue weighted by Crippen LogP contribution is 2.69. The Kier molecular flexibility index (Phi) is 21.8. The lowest BCUT2D eigenvalue weighted by molar-refractivity contribution is -0.150. The number of unbranched alkanes of at least 4 members (excludes halogenated alkanes) is 1. The molecule has 1 aromatic rings. The van der Waals surface area contributed by atoms with Gasteiger partial charge in [-0.05, 0) is 198 Å². The Bertz CT molecular complexity index is 1760. The van der Waals surface area contributed by atoms with Gasteiger partial charge in [0.05, 0.1) is 23.4 Å². The molecule has 1 aromatic carbocycles. The van der Waals surface area contributed by atoms with Crippen molar-refractivity contribution >= 4 is 17.3 Å². The molecule has 6 saturated carbocycles. The van der Waals surface area contributed by atoms with Crippen molar-refractivity contribution in [2.24, 2.45) is 81.2 Å². The molecule has 0 heterocycles. The average Bonchev–Trinajstić information content (AvgIpc) is 3.67. The van der Waals surface area contributed by atoms with Gasteiger partial charge in [0.1, 0.15) is 5.76 Å². The second-order valence-electron chi connectivity index (χ2n) is 23.7. The average molecular weight is 929 g/mol. The fraction of sp³-hybridized carbons (Fsp3) is 0.787. The SMILES string of the molecule is C=C(C)/C=C(OC1CCC2(C)C(CC)CCCC2C1)\C(N)=C/C.CC.CC(C)CCCC(C)C1CCC2C3CCC4CC(C(=O)Oc5ccc(N)cc5N)CCC4(C)C3CCC12C.CCCC. The normalized spacial score (nSPS) is 35.0. The van der Waals surface area contributed by atoms with Gasteiger partial charge in [-0.25, -0.2) is 0 Å². The first-order valence-corrected chi connectivity index (χ1v) is 28.2. The monoisotopic (exact) mass is 928 g/mol. The molecular formula is C61H105N3O3. The number of ether oxygens (including phenoxy) is 2. The third-order valence-electron chi connectivity index (χ3n) is 19.2. The first kappa shape index (κ1) is 56.7. The van der Waals surface area contributed by atoms with Gasteiger partial charge in [-0.3, -0.25) is 4.79 Å². The molecule has 6 heteroatoms. The molecule has 0 radical (unpaired) electrons. The van der Waals surface area contributed by atoms with Gasteiger partial charge in [0.25, 0.3) is 0 Å². The third-order valence-corrected chi connectivity index (χ3v) is 19.2. The van der Waals surface area contributed by atoms with E-state index in [1.807, 2.05) is 39.8 Å². The number of nitrogens with two attached hydrogens (primary N) is 3. The van der Waals surface area contributed by atoms with E-state index in [1.54, 1.807) is 18.2 Å². The van der Waals surface area contributed by atoms with E-state index in [1.165, 1.54) is 109 Å². The molecule has 67 heavy (non-hydrogen) atoms. The smallest absolute Gasteiger partial charge is 0.314 e. The first-order chi connectivity index (χ1) is 31.8. The highest BCUT2D eigenvalue weighted by atomic mass is 16.5. The molecule has 0 amide bonds. The zero-order chi connectivity index (χ0) is 49.7. The zero-order valence-corrected chi connectivity index (χ0v) is 45.8. The molecule has 0 aliphatic heterocycles. The lowest BCUT2D eigenvalue weighted by atomic mass is 9.44. The third kappa shape index (κ3) is 13.7. The molecule has 6 aliphatic rings. The van der Waals surface area contributed by atoms with Crippen LogP contribution in [0.4, 0.5) is 11.4 Å². The molecule has 6 aliphatic carbocycles.